The molecule has 3 heteroatoms. The Morgan fingerprint density at radius 2 is 1.75 bits per heavy atom. The zero-order valence-corrected chi connectivity index (χ0v) is 9.77. The molecule has 1 rings (SSSR count). The summed E-state index contributed by atoms with van der Waals surface area (Å²) in [4.78, 5) is 20.6. The number of nitroso groups, excluding NO2 is 1. The molecule has 0 radical (unpaired) electrons. The van der Waals surface area contributed by atoms with E-state index in [4.69, 9.17) is 0 Å². The maximum atomic E-state index is 10.7. The molecule has 0 unspecified atom stereocenters. The zero-order chi connectivity index (χ0) is 12.0. The van der Waals surface area contributed by atoms with Crippen LogP contribution in [0.5, 0.6) is 0 Å². The zero-order valence-electron chi connectivity index (χ0n) is 9.77. The van der Waals surface area contributed by atoms with Crippen LogP contribution >= 0.6 is 0 Å². The van der Waals surface area contributed by atoms with Crippen LogP contribution in [0.15, 0.2) is 29.4 Å². The van der Waals surface area contributed by atoms with Gasteiger partial charge in [0.25, 0.3) is 5.91 Å². The number of carbonyl (C=O) groups is 1. The van der Waals surface area contributed by atoms with Gasteiger partial charge in [-0.05, 0) is 29.9 Å². The van der Waals surface area contributed by atoms with Gasteiger partial charge in [0.2, 0.25) is 0 Å². The number of carbonyl (C=O) groups excluding carboxylic acids is 1. The van der Waals surface area contributed by atoms with E-state index < -0.39 is 5.91 Å². The molecule has 0 aliphatic rings. The normalized spacial score (nSPS) is 10.4. The largest absolute Gasteiger partial charge is 0.286 e. The van der Waals surface area contributed by atoms with Gasteiger partial charge < -0.3 is 0 Å². The Labute approximate surface area is 95.8 Å². The molecule has 1 aromatic rings. The molecular formula is C13H17NO2. The second-order valence-corrected chi connectivity index (χ2v) is 4.40. The van der Waals surface area contributed by atoms with E-state index in [1.807, 2.05) is 12.1 Å². The van der Waals surface area contributed by atoms with Crippen LogP contribution in [0, 0.1) is 10.8 Å². The van der Waals surface area contributed by atoms with Crippen molar-refractivity contribution in [3.05, 3.63) is 40.3 Å². The first-order chi connectivity index (χ1) is 7.61. The first kappa shape index (κ1) is 12.6. The van der Waals surface area contributed by atoms with Gasteiger partial charge in [0.15, 0.2) is 0 Å². The Morgan fingerprint density at radius 3 is 2.25 bits per heavy atom. The van der Waals surface area contributed by atoms with Crippen LogP contribution in [0.4, 0.5) is 0 Å². The summed E-state index contributed by atoms with van der Waals surface area (Å²) in [6.07, 6.45) is 1.86. The smallest absolute Gasteiger partial charge is 0.269 e. The van der Waals surface area contributed by atoms with Gasteiger partial charge in [-0.3, -0.25) is 4.79 Å². The lowest BCUT2D eigenvalue weighted by atomic mass is 10.0. The lowest BCUT2D eigenvalue weighted by Gasteiger charge is -2.05. The van der Waals surface area contributed by atoms with Crippen molar-refractivity contribution in [1.82, 2.24) is 0 Å². The van der Waals surface area contributed by atoms with Crippen LogP contribution in [0.1, 0.15) is 31.4 Å². The van der Waals surface area contributed by atoms with E-state index in [0.29, 0.717) is 12.3 Å². The van der Waals surface area contributed by atoms with Gasteiger partial charge >= 0.3 is 0 Å². The van der Waals surface area contributed by atoms with Crippen LogP contribution in [-0.4, -0.2) is 5.91 Å². The SMILES string of the molecule is CC(C)Cc1ccc(CCC(=O)N=O)cc1. The molecule has 0 aromatic heterocycles. The molecule has 0 spiro atoms. The summed E-state index contributed by atoms with van der Waals surface area (Å²) in [5, 5.41) is 2.37. The molecule has 0 fully saturated rings. The molecule has 0 saturated heterocycles. The van der Waals surface area contributed by atoms with Crippen LogP contribution in [-0.2, 0) is 17.6 Å². The van der Waals surface area contributed by atoms with E-state index in [9.17, 15) is 9.70 Å². The summed E-state index contributed by atoms with van der Waals surface area (Å²) in [7, 11) is 0. The molecule has 0 heterocycles. The third-order valence-corrected chi connectivity index (χ3v) is 2.40. The lowest BCUT2D eigenvalue weighted by Crippen LogP contribution is -1.97. The van der Waals surface area contributed by atoms with Crippen molar-refractivity contribution in [3.63, 3.8) is 0 Å². The second-order valence-electron chi connectivity index (χ2n) is 4.40. The van der Waals surface area contributed by atoms with Crippen molar-refractivity contribution >= 4 is 5.91 Å². The summed E-state index contributed by atoms with van der Waals surface area (Å²) < 4.78 is 0. The number of hydrogen-bond donors (Lipinski definition) is 0. The fraction of sp³-hybridized carbons (Fsp3) is 0.462. The monoisotopic (exact) mass is 219 g/mol. The molecule has 1 amide bonds. The molecule has 0 aliphatic carbocycles. The molecule has 0 bridgehead atoms. The minimum atomic E-state index is -0.578. The second kappa shape index (κ2) is 6.16. The van der Waals surface area contributed by atoms with Crippen LogP contribution in [0.25, 0.3) is 0 Å². The quantitative estimate of drug-likeness (QED) is 0.714. The maximum absolute atomic E-state index is 10.7. The third-order valence-electron chi connectivity index (χ3n) is 2.40. The van der Waals surface area contributed by atoms with E-state index in [-0.39, 0.29) is 6.42 Å². The molecule has 0 aliphatic heterocycles. The fourth-order valence-electron chi connectivity index (χ4n) is 1.61. The van der Waals surface area contributed by atoms with Gasteiger partial charge in [0.1, 0.15) is 0 Å². The lowest BCUT2D eigenvalue weighted by molar-refractivity contribution is -0.117. The number of benzene rings is 1. The molecule has 16 heavy (non-hydrogen) atoms. The first-order valence-electron chi connectivity index (χ1n) is 5.56. The maximum Gasteiger partial charge on any atom is 0.286 e. The Bertz CT molecular complexity index is 355. The Hall–Kier alpha value is -1.51. The molecule has 1 aromatic carbocycles. The number of hydrogen-bond acceptors (Lipinski definition) is 2. The Kier molecular flexibility index (Phi) is 4.83. The van der Waals surface area contributed by atoms with Gasteiger partial charge in [0, 0.05) is 11.6 Å². The van der Waals surface area contributed by atoms with Gasteiger partial charge in [-0.2, -0.15) is 0 Å². The van der Waals surface area contributed by atoms with E-state index in [2.05, 4.69) is 31.2 Å². The minimum absolute atomic E-state index is 0.201. The average Bonchev–Trinajstić information content (AvgIpc) is 2.27. The highest BCUT2D eigenvalue weighted by Crippen LogP contribution is 2.11. The van der Waals surface area contributed by atoms with Crippen molar-refractivity contribution in [2.45, 2.75) is 33.1 Å². The fourth-order valence-corrected chi connectivity index (χ4v) is 1.61. The number of rotatable bonds is 5. The summed E-state index contributed by atoms with van der Waals surface area (Å²) in [5.74, 6) is 0.0675. The standard InChI is InChI=1S/C13H17NO2/c1-10(2)9-12-5-3-11(4-6-12)7-8-13(15)14-16/h3-6,10H,7-9H2,1-2H3. The van der Waals surface area contributed by atoms with E-state index in [1.165, 1.54) is 5.56 Å². The summed E-state index contributed by atoms with van der Waals surface area (Å²) >= 11 is 0. The van der Waals surface area contributed by atoms with Crippen molar-refractivity contribution in [3.8, 4) is 0 Å². The predicted molar refractivity (Wildman–Crippen MR) is 64.1 cm³/mol. The predicted octanol–water partition coefficient (Wildman–Crippen LogP) is 3.11. The summed E-state index contributed by atoms with van der Waals surface area (Å²) in [6.45, 7) is 4.37. The highest BCUT2D eigenvalue weighted by atomic mass is 16.3. The van der Waals surface area contributed by atoms with E-state index in [1.54, 1.807) is 0 Å². The van der Waals surface area contributed by atoms with Crippen molar-refractivity contribution < 1.29 is 4.79 Å². The van der Waals surface area contributed by atoms with Crippen LogP contribution < -0.4 is 0 Å². The van der Waals surface area contributed by atoms with Gasteiger partial charge in [-0.1, -0.05) is 38.1 Å². The molecule has 0 N–H and O–H groups in total. The molecule has 86 valence electrons. The Balaban J connectivity index is 2.51. The minimum Gasteiger partial charge on any atom is -0.269 e. The van der Waals surface area contributed by atoms with Crippen LogP contribution in [0.2, 0.25) is 0 Å². The van der Waals surface area contributed by atoms with Crippen molar-refractivity contribution in [1.29, 1.82) is 0 Å². The highest BCUT2D eigenvalue weighted by molar-refractivity contribution is 5.76. The highest BCUT2D eigenvalue weighted by Gasteiger charge is 2.02. The molecule has 0 atom stereocenters. The summed E-state index contributed by atoms with van der Waals surface area (Å²) in [5.41, 5.74) is 2.38. The molecule has 0 saturated carbocycles. The van der Waals surface area contributed by atoms with Crippen LogP contribution in [0.3, 0.4) is 0 Å². The first-order valence-corrected chi connectivity index (χ1v) is 5.56. The van der Waals surface area contributed by atoms with Gasteiger partial charge in [-0.15, -0.1) is 4.91 Å². The topological polar surface area (TPSA) is 46.5 Å². The summed E-state index contributed by atoms with van der Waals surface area (Å²) in [6, 6.07) is 8.17. The van der Waals surface area contributed by atoms with E-state index >= 15 is 0 Å². The average molecular weight is 219 g/mol. The van der Waals surface area contributed by atoms with Crippen molar-refractivity contribution in [2.24, 2.45) is 11.1 Å². The number of aryl methyl sites for hydroxylation is 1. The van der Waals surface area contributed by atoms with E-state index in [0.717, 1.165) is 12.0 Å². The van der Waals surface area contributed by atoms with Crippen molar-refractivity contribution in [2.75, 3.05) is 0 Å². The molecule has 3 nitrogen and oxygen atoms in total. The van der Waals surface area contributed by atoms with Gasteiger partial charge in [-0.25, -0.2) is 0 Å². The molecular weight excluding hydrogens is 202 g/mol. The number of nitrogens with zero attached hydrogens (tertiary/aromatic N) is 1. The van der Waals surface area contributed by atoms with Gasteiger partial charge in [0.05, 0.1) is 0 Å². The third kappa shape index (κ3) is 4.34. The Morgan fingerprint density at radius 1 is 1.19 bits per heavy atom. The number of amides is 1.